The number of esters is 1. The summed E-state index contributed by atoms with van der Waals surface area (Å²) < 4.78 is 5.26. The van der Waals surface area contributed by atoms with Gasteiger partial charge in [-0.05, 0) is 71.8 Å². The predicted octanol–water partition coefficient (Wildman–Crippen LogP) is 2.67. The predicted molar refractivity (Wildman–Crippen MR) is 85.4 cm³/mol. The van der Waals surface area contributed by atoms with Gasteiger partial charge in [-0.1, -0.05) is 13.3 Å². The highest BCUT2D eigenvalue weighted by atomic mass is 16.5. The van der Waals surface area contributed by atoms with Crippen molar-refractivity contribution in [2.45, 2.75) is 64.3 Å². The molecule has 2 fully saturated rings. The zero-order chi connectivity index (χ0) is 15.1. The Kier molecular flexibility index (Phi) is 6.49. The van der Waals surface area contributed by atoms with Crippen LogP contribution < -0.4 is 0 Å². The molecule has 122 valence electrons. The molecule has 4 heteroatoms. The fourth-order valence-electron chi connectivity index (χ4n) is 3.96. The Morgan fingerprint density at radius 2 is 1.71 bits per heavy atom. The minimum Gasteiger partial charge on any atom is -0.466 e. The number of hydrogen-bond acceptors (Lipinski definition) is 4. The first-order chi connectivity index (χ1) is 10.2. The molecule has 0 radical (unpaired) electrons. The van der Waals surface area contributed by atoms with Crippen LogP contribution in [0.2, 0.25) is 0 Å². The molecule has 0 N–H and O–H groups in total. The Balaban J connectivity index is 2.02. The summed E-state index contributed by atoms with van der Waals surface area (Å²) in [6, 6.07) is 0. The van der Waals surface area contributed by atoms with Crippen molar-refractivity contribution in [3.63, 3.8) is 0 Å². The maximum Gasteiger partial charge on any atom is 0.307 e. The third-order valence-electron chi connectivity index (χ3n) is 5.13. The zero-order valence-corrected chi connectivity index (χ0v) is 13.9. The molecule has 2 rings (SSSR count). The molecule has 0 aromatic heterocycles. The van der Waals surface area contributed by atoms with E-state index in [-0.39, 0.29) is 11.5 Å². The van der Waals surface area contributed by atoms with E-state index in [4.69, 9.17) is 4.74 Å². The molecule has 0 aromatic carbocycles. The molecule has 2 aliphatic heterocycles. The average molecular weight is 296 g/mol. The molecular formula is C17H32N2O2. The van der Waals surface area contributed by atoms with Crippen molar-refractivity contribution < 1.29 is 9.53 Å². The lowest BCUT2D eigenvalue weighted by Crippen LogP contribution is -2.57. The summed E-state index contributed by atoms with van der Waals surface area (Å²) in [4.78, 5) is 17.3. The van der Waals surface area contributed by atoms with Gasteiger partial charge in [0.25, 0.3) is 0 Å². The minimum absolute atomic E-state index is 0.00739. The van der Waals surface area contributed by atoms with Gasteiger partial charge in [-0.15, -0.1) is 0 Å². The number of nitrogens with zero attached hydrogens (tertiary/aromatic N) is 2. The van der Waals surface area contributed by atoms with Crippen molar-refractivity contribution in [2.75, 3.05) is 39.3 Å². The van der Waals surface area contributed by atoms with E-state index < -0.39 is 0 Å². The van der Waals surface area contributed by atoms with E-state index in [1.54, 1.807) is 0 Å². The van der Waals surface area contributed by atoms with Crippen LogP contribution in [0.4, 0.5) is 0 Å². The van der Waals surface area contributed by atoms with Gasteiger partial charge in [0.15, 0.2) is 0 Å². The highest BCUT2D eigenvalue weighted by Gasteiger charge is 2.42. The molecule has 0 unspecified atom stereocenters. The quantitative estimate of drug-likeness (QED) is 0.706. The molecule has 2 saturated heterocycles. The number of rotatable bonds is 6. The fraction of sp³-hybridized carbons (Fsp3) is 0.941. The lowest BCUT2D eigenvalue weighted by Gasteiger charge is -2.50. The molecule has 0 bridgehead atoms. The second kappa shape index (κ2) is 8.14. The third kappa shape index (κ3) is 4.43. The van der Waals surface area contributed by atoms with E-state index in [1.165, 1.54) is 32.2 Å². The average Bonchev–Trinajstić information content (AvgIpc) is 2.51. The molecule has 2 aliphatic rings. The molecule has 4 nitrogen and oxygen atoms in total. The van der Waals surface area contributed by atoms with Crippen LogP contribution in [-0.2, 0) is 9.53 Å². The number of piperidine rings is 2. The molecule has 0 saturated carbocycles. The van der Waals surface area contributed by atoms with E-state index in [2.05, 4.69) is 16.7 Å². The lowest BCUT2D eigenvalue weighted by atomic mass is 9.81. The minimum atomic E-state index is -0.00739. The topological polar surface area (TPSA) is 32.8 Å². The van der Waals surface area contributed by atoms with Gasteiger partial charge in [-0.3, -0.25) is 9.69 Å². The first-order valence-corrected chi connectivity index (χ1v) is 8.83. The molecular weight excluding hydrogens is 264 g/mol. The molecule has 0 spiro atoms. The number of carbonyl (C=O) groups is 1. The normalized spacial score (nSPS) is 23.9. The largest absolute Gasteiger partial charge is 0.466 e. The van der Waals surface area contributed by atoms with Gasteiger partial charge < -0.3 is 9.64 Å². The van der Waals surface area contributed by atoms with Crippen LogP contribution >= 0.6 is 0 Å². The highest BCUT2D eigenvalue weighted by molar-refractivity contribution is 5.71. The number of carbonyl (C=O) groups excluding carboxylic acids is 1. The summed E-state index contributed by atoms with van der Waals surface area (Å²) in [7, 11) is 0. The van der Waals surface area contributed by atoms with E-state index in [9.17, 15) is 4.79 Å². The monoisotopic (exact) mass is 296 g/mol. The van der Waals surface area contributed by atoms with Crippen LogP contribution in [0.15, 0.2) is 0 Å². The lowest BCUT2D eigenvalue weighted by molar-refractivity contribution is -0.148. The maximum absolute atomic E-state index is 12.1. The number of likely N-dealkylation sites (tertiary alicyclic amines) is 2. The van der Waals surface area contributed by atoms with Gasteiger partial charge in [-0.2, -0.15) is 0 Å². The van der Waals surface area contributed by atoms with Crippen molar-refractivity contribution in [3.05, 3.63) is 0 Å². The van der Waals surface area contributed by atoms with Crippen LogP contribution in [0.5, 0.6) is 0 Å². The Bertz CT molecular complexity index is 319. The fourth-order valence-corrected chi connectivity index (χ4v) is 3.96. The van der Waals surface area contributed by atoms with E-state index in [0.717, 1.165) is 39.0 Å². The molecule has 21 heavy (non-hydrogen) atoms. The van der Waals surface area contributed by atoms with Crippen LogP contribution in [0, 0.1) is 0 Å². The summed E-state index contributed by atoms with van der Waals surface area (Å²) in [5, 5.41) is 0. The van der Waals surface area contributed by atoms with E-state index in [0.29, 0.717) is 13.0 Å². The number of hydrogen-bond donors (Lipinski definition) is 0. The highest BCUT2D eigenvalue weighted by Crippen LogP contribution is 2.35. The van der Waals surface area contributed by atoms with Gasteiger partial charge >= 0.3 is 5.97 Å². The first-order valence-electron chi connectivity index (χ1n) is 8.83. The summed E-state index contributed by atoms with van der Waals surface area (Å²) >= 11 is 0. The standard InChI is InChI=1S/C17H32N2O2/c1-3-10-18-13-8-17(9-14-18,15-16(20)21-4-2)19-11-6-5-7-12-19/h3-15H2,1-2H3. The Morgan fingerprint density at radius 1 is 1.05 bits per heavy atom. The van der Waals surface area contributed by atoms with E-state index in [1.807, 2.05) is 6.92 Å². The van der Waals surface area contributed by atoms with Crippen LogP contribution in [0.25, 0.3) is 0 Å². The summed E-state index contributed by atoms with van der Waals surface area (Å²) in [5.41, 5.74) is 0.0664. The Hall–Kier alpha value is -0.610. The summed E-state index contributed by atoms with van der Waals surface area (Å²) in [5.74, 6) is -0.00739. The van der Waals surface area contributed by atoms with Gasteiger partial charge in [0.05, 0.1) is 13.0 Å². The first kappa shape index (κ1) is 16.8. The Morgan fingerprint density at radius 3 is 2.29 bits per heavy atom. The van der Waals surface area contributed by atoms with Gasteiger partial charge in [-0.25, -0.2) is 0 Å². The van der Waals surface area contributed by atoms with Crippen LogP contribution in [-0.4, -0.2) is 60.6 Å². The third-order valence-corrected chi connectivity index (χ3v) is 5.13. The Labute approximate surface area is 129 Å². The van der Waals surface area contributed by atoms with Gasteiger partial charge in [0, 0.05) is 5.54 Å². The smallest absolute Gasteiger partial charge is 0.307 e. The van der Waals surface area contributed by atoms with Gasteiger partial charge in [0.2, 0.25) is 0 Å². The second-order valence-electron chi connectivity index (χ2n) is 6.60. The van der Waals surface area contributed by atoms with Crippen LogP contribution in [0.1, 0.15) is 58.8 Å². The number of ether oxygens (including phenoxy) is 1. The maximum atomic E-state index is 12.1. The van der Waals surface area contributed by atoms with Crippen LogP contribution in [0.3, 0.4) is 0 Å². The van der Waals surface area contributed by atoms with Crippen molar-refractivity contribution in [1.82, 2.24) is 9.80 Å². The molecule has 0 aliphatic carbocycles. The molecule has 0 amide bonds. The van der Waals surface area contributed by atoms with Crippen molar-refractivity contribution in [1.29, 1.82) is 0 Å². The summed E-state index contributed by atoms with van der Waals surface area (Å²) in [6.07, 6.45) is 7.94. The van der Waals surface area contributed by atoms with E-state index >= 15 is 0 Å². The van der Waals surface area contributed by atoms with Gasteiger partial charge in [0.1, 0.15) is 0 Å². The molecule has 0 aromatic rings. The van der Waals surface area contributed by atoms with Crippen molar-refractivity contribution in [2.24, 2.45) is 0 Å². The second-order valence-corrected chi connectivity index (χ2v) is 6.60. The summed E-state index contributed by atoms with van der Waals surface area (Å²) in [6.45, 7) is 10.4. The zero-order valence-electron chi connectivity index (χ0n) is 13.9. The molecule has 0 atom stereocenters. The SMILES string of the molecule is CCCN1CCC(CC(=O)OCC)(N2CCCCC2)CC1. The molecule has 2 heterocycles. The van der Waals surface area contributed by atoms with Crippen molar-refractivity contribution in [3.8, 4) is 0 Å². The van der Waals surface area contributed by atoms with Crippen molar-refractivity contribution >= 4 is 5.97 Å².